The third kappa shape index (κ3) is 7.10. The predicted octanol–water partition coefficient (Wildman–Crippen LogP) is 1.53. The van der Waals surface area contributed by atoms with Gasteiger partial charge in [-0.3, -0.25) is 10.8 Å². The van der Waals surface area contributed by atoms with Gasteiger partial charge in [0.15, 0.2) is 11.8 Å². The Morgan fingerprint density at radius 3 is 2.84 bits per heavy atom. The van der Waals surface area contributed by atoms with Crippen LogP contribution in [0.5, 0.6) is 6.01 Å². The van der Waals surface area contributed by atoms with Crippen LogP contribution in [0.2, 0.25) is 0 Å². The summed E-state index contributed by atoms with van der Waals surface area (Å²) in [5.41, 5.74) is 5.15. The second-order valence-corrected chi connectivity index (χ2v) is 7.30. The molecule has 1 aromatic heterocycles. The van der Waals surface area contributed by atoms with E-state index in [9.17, 15) is 0 Å². The van der Waals surface area contributed by atoms with Gasteiger partial charge in [-0.15, -0.1) is 0 Å². The molecule has 0 amide bonds. The molecule has 3 rings (SSSR count). The van der Waals surface area contributed by atoms with Crippen molar-refractivity contribution < 1.29 is 9.47 Å². The van der Waals surface area contributed by atoms with E-state index in [0.29, 0.717) is 38.1 Å². The van der Waals surface area contributed by atoms with E-state index in [-0.39, 0.29) is 6.01 Å². The number of hydrazone groups is 1. The van der Waals surface area contributed by atoms with E-state index in [1.54, 1.807) is 25.2 Å². The van der Waals surface area contributed by atoms with Crippen LogP contribution in [-0.4, -0.2) is 80.6 Å². The van der Waals surface area contributed by atoms with Crippen molar-refractivity contribution in [3.05, 3.63) is 41.5 Å². The lowest BCUT2D eigenvalue weighted by Crippen LogP contribution is -2.37. The van der Waals surface area contributed by atoms with Crippen molar-refractivity contribution in [3.63, 3.8) is 0 Å². The van der Waals surface area contributed by atoms with Crippen LogP contribution >= 0.6 is 0 Å². The first-order valence-corrected chi connectivity index (χ1v) is 10.2. The van der Waals surface area contributed by atoms with Crippen LogP contribution in [0.3, 0.4) is 0 Å². The van der Waals surface area contributed by atoms with E-state index in [0.717, 1.165) is 24.5 Å². The average Bonchev–Trinajstić information content (AvgIpc) is 2.77. The van der Waals surface area contributed by atoms with Gasteiger partial charge in [-0.05, 0) is 12.5 Å². The zero-order valence-corrected chi connectivity index (χ0v) is 18.3. The Balaban J connectivity index is 1.67. The maximum absolute atomic E-state index is 7.77. The third-order valence-electron chi connectivity index (χ3n) is 4.53. The molecule has 3 N–H and O–H groups in total. The van der Waals surface area contributed by atoms with Gasteiger partial charge in [0.2, 0.25) is 0 Å². The molecule has 0 aliphatic carbocycles. The summed E-state index contributed by atoms with van der Waals surface area (Å²) in [5, 5.41) is 15.0. The van der Waals surface area contributed by atoms with Crippen LogP contribution in [0.1, 0.15) is 11.1 Å². The molecule has 2 aromatic rings. The standard InChI is InChI=1S/C21H30N8O2/c1-16-5-4-6-17(13-16)15-24-27-18-14-19(29-8-11-30-12-9-29)26-21(25-18)31-10-7-23-20(22)28(2)3/h4-6,13-15H,7-12H2,1-3H3,(H2,22,23)(H,25,26,27)/b24-15+. The third-order valence-corrected chi connectivity index (χ3v) is 4.53. The summed E-state index contributed by atoms with van der Waals surface area (Å²) in [5.74, 6) is 1.62. The summed E-state index contributed by atoms with van der Waals surface area (Å²) in [6, 6.07) is 10.2. The summed E-state index contributed by atoms with van der Waals surface area (Å²) < 4.78 is 11.2. The number of hydrogen-bond acceptors (Lipinski definition) is 8. The topological polar surface area (TPSA) is 111 Å². The van der Waals surface area contributed by atoms with Gasteiger partial charge in [0.05, 0.1) is 26.0 Å². The van der Waals surface area contributed by atoms with Gasteiger partial charge in [-0.1, -0.05) is 29.8 Å². The van der Waals surface area contributed by atoms with Gasteiger partial charge in [-0.25, -0.2) is 0 Å². The van der Waals surface area contributed by atoms with Crippen molar-refractivity contribution in [2.24, 2.45) is 5.10 Å². The van der Waals surface area contributed by atoms with E-state index in [1.165, 1.54) is 5.56 Å². The summed E-state index contributed by atoms with van der Waals surface area (Å²) >= 11 is 0. The molecule has 1 fully saturated rings. The molecule has 1 aromatic carbocycles. The highest BCUT2D eigenvalue weighted by atomic mass is 16.5. The number of anilines is 2. The monoisotopic (exact) mass is 426 g/mol. The van der Waals surface area contributed by atoms with Crippen LogP contribution < -0.4 is 20.4 Å². The fourth-order valence-corrected chi connectivity index (χ4v) is 2.88. The van der Waals surface area contributed by atoms with Gasteiger partial charge < -0.3 is 24.6 Å². The minimum Gasteiger partial charge on any atom is -0.461 e. The summed E-state index contributed by atoms with van der Waals surface area (Å²) in [6.45, 7) is 5.66. The van der Waals surface area contributed by atoms with Crippen LogP contribution in [-0.2, 0) is 4.74 Å². The number of aromatic nitrogens is 2. The largest absolute Gasteiger partial charge is 0.461 e. The lowest BCUT2D eigenvalue weighted by Gasteiger charge is -2.28. The molecule has 0 atom stereocenters. The first-order valence-electron chi connectivity index (χ1n) is 10.2. The number of rotatable bonds is 8. The normalized spacial score (nSPS) is 13.8. The summed E-state index contributed by atoms with van der Waals surface area (Å²) in [6.07, 6.45) is 1.75. The SMILES string of the molecule is Cc1cccc(/C=N/Nc2cc(N3CCOCC3)nc(OCCNC(=N)N(C)C)n2)c1. The minimum atomic E-state index is 0.260. The Morgan fingerprint density at radius 2 is 2.10 bits per heavy atom. The number of hydrogen-bond donors (Lipinski definition) is 3. The first kappa shape index (κ1) is 22.3. The number of morpholine rings is 1. The zero-order chi connectivity index (χ0) is 22.1. The van der Waals surface area contributed by atoms with Gasteiger partial charge in [0, 0.05) is 33.3 Å². The van der Waals surface area contributed by atoms with Crippen molar-refractivity contribution in [1.82, 2.24) is 20.2 Å². The van der Waals surface area contributed by atoms with E-state index < -0.39 is 0 Å². The van der Waals surface area contributed by atoms with Crippen LogP contribution in [0.25, 0.3) is 0 Å². The van der Waals surface area contributed by atoms with Crippen molar-refractivity contribution in [3.8, 4) is 6.01 Å². The number of nitrogens with zero attached hydrogens (tertiary/aromatic N) is 5. The molecule has 0 radical (unpaired) electrons. The summed E-state index contributed by atoms with van der Waals surface area (Å²) in [7, 11) is 3.61. The highest BCUT2D eigenvalue weighted by molar-refractivity contribution is 5.80. The Bertz CT molecular complexity index is 897. The van der Waals surface area contributed by atoms with Crippen LogP contribution in [0, 0.1) is 12.3 Å². The van der Waals surface area contributed by atoms with Gasteiger partial charge in [0.1, 0.15) is 12.4 Å². The molecule has 2 heterocycles. The molecule has 0 saturated carbocycles. The molecule has 31 heavy (non-hydrogen) atoms. The van der Waals surface area contributed by atoms with Crippen molar-refractivity contribution in [1.29, 1.82) is 5.41 Å². The van der Waals surface area contributed by atoms with E-state index >= 15 is 0 Å². The maximum Gasteiger partial charge on any atom is 0.320 e. The van der Waals surface area contributed by atoms with Crippen molar-refractivity contribution >= 4 is 23.8 Å². The molecule has 1 saturated heterocycles. The molecule has 0 bridgehead atoms. The molecule has 166 valence electrons. The molecule has 10 heteroatoms. The predicted molar refractivity (Wildman–Crippen MR) is 122 cm³/mol. The number of aryl methyl sites for hydroxylation is 1. The second-order valence-electron chi connectivity index (χ2n) is 7.30. The Hall–Kier alpha value is -3.40. The van der Waals surface area contributed by atoms with Crippen molar-refractivity contribution in [2.75, 3.05) is 63.9 Å². The second kappa shape index (κ2) is 11.1. The number of benzene rings is 1. The molecule has 0 unspecified atom stereocenters. The van der Waals surface area contributed by atoms with Gasteiger partial charge in [-0.2, -0.15) is 15.1 Å². The molecule has 1 aliphatic rings. The first-order chi connectivity index (χ1) is 15.0. The van der Waals surface area contributed by atoms with Crippen molar-refractivity contribution in [2.45, 2.75) is 6.92 Å². The smallest absolute Gasteiger partial charge is 0.320 e. The Kier molecular flexibility index (Phi) is 7.99. The fourth-order valence-electron chi connectivity index (χ4n) is 2.88. The Labute approximate surface area is 182 Å². The average molecular weight is 427 g/mol. The molecular formula is C21H30N8O2. The fraction of sp³-hybridized carbons (Fsp3) is 0.429. The molecular weight excluding hydrogens is 396 g/mol. The number of nitrogens with one attached hydrogen (secondary N) is 3. The minimum absolute atomic E-state index is 0.260. The van der Waals surface area contributed by atoms with Crippen LogP contribution in [0.4, 0.5) is 11.6 Å². The Morgan fingerprint density at radius 1 is 1.29 bits per heavy atom. The summed E-state index contributed by atoms with van der Waals surface area (Å²) in [4.78, 5) is 12.8. The van der Waals surface area contributed by atoms with Crippen LogP contribution in [0.15, 0.2) is 35.4 Å². The van der Waals surface area contributed by atoms with Gasteiger partial charge in [0.25, 0.3) is 0 Å². The van der Waals surface area contributed by atoms with E-state index in [2.05, 4.69) is 36.8 Å². The number of ether oxygens (including phenoxy) is 2. The van der Waals surface area contributed by atoms with Gasteiger partial charge >= 0.3 is 6.01 Å². The molecule has 0 spiro atoms. The zero-order valence-electron chi connectivity index (χ0n) is 18.3. The highest BCUT2D eigenvalue weighted by Crippen LogP contribution is 2.20. The quantitative estimate of drug-likeness (QED) is 0.252. The van der Waals surface area contributed by atoms with E-state index in [4.69, 9.17) is 14.9 Å². The maximum atomic E-state index is 7.77. The highest BCUT2D eigenvalue weighted by Gasteiger charge is 2.15. The molecule has 10 nitrogen and oxygen atoms in total. The molecule has 1 aliphatic heterocycles. The number of guanidine groups is 1. The van der Waals surface area contributed by atoms with E-state index in [1.807, 2.05) is 31.2 Å². The lowest BCUT2D eigenvalue weighted by atomic mass is 10.2. The lowest BCUT2D eigenvalue weighted by molar-refractivity contribution is 0.122.